The number of aliphatic hydroxyl groups is 10. The van der Waals surface area contributed by atoms with E-state index in [0.717, 1.165) is 0 Å². The van der Waals surface area contributed by atoms with E-state index in [-0.39, 0.29) is 198 Å². The number of phosphoric ester groups is 2. The Labute approximate surface area is 771 Å². The van der Waals surface area contributed by atoms with Gasteiger partial charge < -0.3 is 150 Å². The van der Waals surface area contributed by atoms with E-state index < -0.39 is 202 Å². The number of nitrogens with zero attached hydrogens (tertiary/aromatic N) is 3. The molecule has 0 spiro atoms. The zero-order chi connectivity index (χ0) is 97.1. The van der Waals surface area contributed by atoms with Gasteiger partial charge in [0.15, 0.2) is 18.9 Å². The van der Waals surface area contributed by atoms with Crippen LogP contribution in [0.1, 0.15) is 207 Å². The van der Waals surface area contributed by atoms with Gasteiger partial charge in [-0.05, 0) is 134 Å². The first-order valence-corrected chi connectivity index (χ1v) is 51.1. The molecule has 0 aromatic carbocycles. The lowest BCUT2D eigenvalue weighted by molar-refractivity contribution is -0.270. The Morgan fingerprint density at radius 3 is 0.992 bits per heavy atom. The summed E-state index contributed by atoms with van der Waals surface area (Å²) < 4.78 is 109. The lowest BCUT2D eigenvalue weighted by Gasteiger charge is -2.43. The highest BCUT2D eigenvalue weighted by molar-refractivity contribution is 7.52. The Kier molecular flexibility index (Phi) is 52.0. The van der Waals surface area contributed by atoms with Gasteiger partial charge in [0.2, 0.25) is 53.2 Å². The van der Waals surface area contributed by atoms with Crippen LogP contribution in [0, 0.1) is 16.2 Å². The van der Waals surface area contributed by atoms with Crippen LogP contribution >= 0.6 is 23.2 Å². The molecule has 6 aliphatic heterocycles. The second-order valence-electron chi connectivity index (χ2n) is 35.2. The molecule has 18 atom stereocenters. The van der Waals surface area contributed by atoms with Gasteiger partial charge in [0.1, 0.15) is 73.1 Å². The summed E-state index contributed by atoms with van der Waals surface area (Å²) in [5.74, 6) is -2.64. The summed E-state index contributed by atoms with van der Waals surface area (Å²) in [7, 11) is -14.4. The van der Waals surface area contributed by atoms with Gasteiger partial charge in [-0.25, -0.2) is 9.13 Å². The highest BCUT2D eigenvalue weighted by Gasteiger charge is 2.50. The highest BCUT2D eigenvalue weighted by Crippen LogP contribution is 2.54. The molecule has 0 aromatic heterocycles. The molecule has 132 heavy (non-hydrogen) atoms. The molecule has 0 radical (unpaired) electrons. The molecule has 6 fully saturated rings. The maximum atomic E-state index is 14.3. The summed E-state index contributed by atoms with van der Waals surface area (Å²) in [5, 5.41) is 118. The number of piperidine rings is 3. The fourth-order valence-electron chi connectivity index (χ4n) is 16.4. The number of rotatable bonds is 63. The van der Waals surface area contributed by atoms with Gasteiger partial charge in [-0.2, -0.15) is 0 Å². The first-order valence-electron chi connectivity index (χ1n) is 46.3. The Balaban J connectivity index is 0.978. The standard InChI is InChI=1S/C83H150N9O37P3/c1-5-118-46-47-122-131(114,115)125-55-83(31-41-92(42-32-83)68(105)26-11-8-17-36-86-65(102)23-14-20-45-121-80-71(89-59(4)99)77(111)74(108)62(51-95)129-80)56-126-132(116,117)124-53-81(27-37-90(38-28-81)66(103)24-9-6-15-34-84-63(100)21-12-18-43-119-78-69(87-57(2)97)75(109)72(106)60(49-93)127-78)33-48-130(112,113)123-54-82(52-96)29-39-91(40-30-82)67(104)25-10-7-16-35-85-64(101)22-13-19-44-120-79-70(88-58(3)98)76(110)73(107)61(50-94)128-79/h60-62,69-80,93-96,106-111H,5-56H2,1-4H3,(H,84,100)(H,85,101)(H,86,102)(H,87,97)(H,88,98)(H,89,99)(H,112,113)(H,114,115)(H,116,117)/t60-,61-,62-,69-,70-,71-,72+,73+,74+,75-,76-,77-,78-,79-,80-/m1/s1. The molecule has 6 rings (SSSR count). The number of likely N-dealkylation sites (tertiary alicyclic amines) is 3. The van der Waals surface area contributed by atoms with Crippen molar-refractivity contribution in [2.45, 2.75) is 299 Å². The smallest absolute Gasteiger partial charge is 0.396 e. The third kappa shape index (κ3) is 40.8. The van der Waals surface area contributed by atoms with Crippen molar-refractivity contribution in [1.82, 2.24) is 46.6 Å². The van der Waals surface area contributed by atoms with Gasteiger partial charge in [-0.3, -0.25) is 65.8 Å². The van der Waals surface area contributed by atoms with E-state index >= 15 is 0 Å². The zero-order valence-electron chi connectivity index (χ0n) is 76.7. The average molecular weight is 1960 g/mol. The van der Waals surface area contributed by atoms with E-state index in [9.17, 15) is 123 Å². The van der Waals surface area contributed by atoms with Crippen LogP contribution in [0.15, 0.2) is 0 Å². The molecule has 764 valence electrons. The van der Waals surface area contributed by atoms with E-state index in [1.54, 1.807) is 21.6 Å². The van der Waals surface area contributed by atoms with Gasteiger partial charge in [-0.15, -0.1) is 0 Å². The fourth-order valence-corrected chi connectivity index (χ4v) is 19.5. The summed E-state index contributed by atoms with van der Waals surface area (Å²) >= 11 is 0. The van der Waals surface area contributed by atoms with Gasteiger partial charge in [-0.1, -0.05) is 19.3 Å². The van der Waals surface area contributed by atoms with Crippen molar-refractivity contribution in [3.63, 3.8) is 0 Å². The summed E-state index contributed by atoms with van der Waals surface area (Å²) in [5.41, 5.74) is -3.44. The summed E-state index contributed by atoms with van der Waals surface area (Å²) in [6, 6.07) is -3.28. The number of hydrogen-bond donors (Lipinski definition) is 19. The van der Waals surface area contributed by atoms with Crippen molar-refractivity contribution in [2.75, 3.05) is 158 Å². The van der Waals surface area contributed by atoms with Crippen LogP contribution in [0.5, 0.6) is 0 Å². The number of carbonyl (C=O) groups is 9. The van der Waals surface area contributed by atoms with E-state index in [1.165, 1.54) is 20.8 Å². The number of phosphoric acid groups is 2. The van der Waals surface area contributed by atoms with Gasteiger partial charge in [0.25, 0.3) is 0 Å². The van der Waals surface area contributed by atoms with Gasteiger partial charge in [0, 0.05) is 155 Å². The van der Waals surface area contributed by atoms with E-state index in [1.807, 2.05) is 0 Å². The second kappa shape index (κ2) is 59.4. The molecular formula is C83H150N9O37P3. The Hall–Kier alpha value is -5.08. The quantitative estimate of drug-likeness (QED) is 0.0260. The fraction of sp³-hybridized carbons (Fsp3) is 0.892. The summed E-state index contributed by atoms with van der Waals surface area (Å²) in [6.07, 6.45) is -7.03. The number of ether oxygens (including phenoxy) is 7. The van der Waals surface area contributed by atoms with Crippen molar-refractivity contribution in [1.29, 1.82) is 0 Å². The van der Waals surface area contributed by atoms with Gasteiger partial charge in [0.05, 0.1) is 72.2 Å². The van der Waals surface area contributed by atoms with Crippen molar-refractivity contribution in [3.8, 4) is 0 Å². The van der Waals surface area contributed by atoms with Crippen LogP contribution in [0.4, 0.5) is 0 Å². The first kappa shape index (κ1) is 116. The van der Waals surface area contributed by atoms with Crippen LogP contribution in [0.3, 0.4) is 0 Å². The number of carbonyl (C=O) groups excluding carboxylic acids is 9. The molecule has 0 aliphatic carbocycles. The average Bonchev–Trinajstić information content (AvgIpc) is 0.809. The van der Waals surface area contributed by atoms with E-state index in [0.29, 0.717) is 123 Å². The van der Waals surface area contributed by atoms with Gasteiger partial charge >= 0.3 is 23.2 Å². The molecule has 0 bridgehead atoms. The predicted molar refractivity (Wildman–Crippen MR) is 467 cm³/mol. The zero-order valence-corrected chi connectivity index (χ0v) is 79.4. The number of amides is 9. The summed E-state index contributed by atoms with van der Waals surface area (Å²) in [6.45, 7) is 3.27. The maximum Gasteiger partial charge on any atom is 0.472 e. The van der Waals surface area contributed by atoms with Crippen molar-refractivity contribution in [2.24, 2.45) is 16.2 Å². The lowest BCUT2D eigenvalue weighted by atomic mass is 9.77. The molecule has 3 unspecified atom stereocenters. The lowest BCUT2D eigenvalue weighted by Crippen LogP contribution is -2.64. The molecule has 6 saturated heterocycles. The maximum absolute atomic E-state index is 14.3. The SMILES string of the molecule is CCOCCOP(=O)(O)OCC1(COP(=O)(O)OCC2(CCP(=O)(O)OCC3(CO)CCN(C(=O)CCCCCNC(=O)CCCCO[C@@H]4O[C@H](CO)[C@H](O)[C@H](O)[C@H]4NC(C)=O)CC3)CCN(C(=O)CCCCCNC(=O)CCCCO[C@@H]3O[C@H](CO)[C@H](O)[C@H](O)[C@H]3NC(C)=O)CC2)CCN(C(=O)CCCCCNC(=O)CCCCO[C@@H]2O[C@H](CO)[C@H](O)[C@H](O)[C@H]2NC(C)=O)CC1. The van der Waals surface area contributed by atoms with Crippen molar-refractivity contribution >= 4 is 76.4 Å². The number of aliphatic hydroxyl groups excluding tert-OH is 10. The predicted octanol–water partition coefficient (Wildman–Crippen LogP) is -0.878. The third-order valence-electron chi connectivity index (χ3n) is 24.8. The monoisotopic (exact) mass is 1960 g/mol. The molecule has 46 nitrogen and oxygen atoms in total. The third-order valence-corrected chi connectivity index (χ3v) is 28.0. The normalized spacial score (nSPS) is 26.8. The Morgan fingerprint density at radius 1 is 0.371 bits per heavy atom. The van der Waals surface area contributed by atoms with Crippen LogP contribution in [-0.2, 0) is 113 Å². The molecular weight excluding hydrogens is 1810 g/mol. The highest BCUT2D eigenvalue weighted by atomic mass is 31.2. The number of unbranched alkanes of at least 4 members (excludes halogenated alkanes) is 9. The van der Waals surface area contributed by atoms with Crippen molar-refractivity contribution in [3.05, 3.63) is 0 Å². The van der Waals surface area contributed by atoms with Crippen molar-refractivity contribution < 1.29 is 178 Å². The molecule has 49 heteroatoms. The summed E-state index contributed by atoms with van der Waals surface area (Å²) in [4.78, 5) is 153. The second-order valence-corrected chi connectivity index (χ2v) is 40.1. The van der Waals surface area contributed by atoms with Crippen LogP contribution in [0.25, 0.3) is 0 Å². The molecule has 6 heterocycles. The molecule has 9 amide bonds. The topological polar surface area (TPSA) is 660 Å². The molecule has 0 saturated carbocycles. The minimum Gasteiger partial charge on any atom is -0.396 e. The number of hydrogen-bond acceptors (Lipinski definition) is 34. The Morgan fingerprint density at radius 2 is 0.674 bits per heavy atom. The molecule has 19 N–H and O–H groups in total. The Bertz CT molecular complexity index is 3630. The minimum atomic E-state index is -5.12. The van der Waals surface area contributed by atoms with Crippen LogP contribution in [-0.4, -0.2) is 383 Å². The van der Waals surface area contributed by atoms with Crippen LogP contribution in [0.2, 0.25) is 0 Å². The van der Waals surface area contributed by atoms with Crippen LogP contribution < -0.4 is 31.9 Å². The van der Waals surface area contributed by atoms with E-state index in [4.69, 9.17) is 55.8 Å². The number of nitrogens with one attached hydrogen (secondary N) is 6. The van der Waals surface area contributed by atoms with E-state index in [2.05, 4.69) is 31.9 Å². The molecule has 6 aliphatic rings. The molecule has 0 aromatic rings. The first-order chi connectivity index (χ1) is 62.8. The largest absolute Gasteiger partial charge is 0.472 e. The minimum absolute atomic E-state index is 0.0312.